The van der Waals surface area contributed by atoms with E-state index in [9.17, 15) is 15.6 Å². The first kappa shape index (κ1) is 33.1. The van der Waals surface area contributed by atoms with Crippen LogP contribution < -0.4 is 4.74 Å². The van der Waals surface area contributed by atoms with Crippen LogP contribution in [0, 0.1) is 29.6 Å². The van der Waals surface area contributed by atoms with E-state index in [1.807, 2.05) is 24.3 Å². The zero-order valence-corrected chi connectivity index (χ0v) is 26.3. The van der Waals surface area contributed by atoms with Crippen molar-refractivity contribution in [3.8, 4) is 23.6 Å². The zero-order chi connectivity index (χ0) is 30.0. The number of thiophene rings is 1. The molecule has 1 aromatic heterocycles. The van der Waals surface area contributed by atoms with Crippen molar-refractivity contribution in [2.45, 2.75) is 117 Å². The summed E-state index contributed by atoms with van der Waals surface area (Å²) in [5, 5.41) is 40.2. The molecule has 0 bridgehead atoms. The Morgan fingerprint density at radius 2 is 1.31 bits per heavy atom. The smallest absolute Gasteiger partial charge is 0.165 e. The normalized spacial score (nSPS) is 11.2. The van der Waals surface area contributed by atoms with E-state index in [4.69, 9.17) is 4.74 Å². The highest BCUT2D eigenvalue weighted by Crippen LogP contribution is 2.42. The van der Waals surface area contributed by atoms with Crippen molar-refractivity contribution in [3.05, 3.63) is 46.3 Å². The highest BCUT2D eigenvalue weighted by atomic mass is 32.1. The summed E-state index contributed by atoms with van der Waals surface area (Å²) in [6, 6.07) is 13.4. The summed E-state index contributed by atoms with van der Waals surface area (Å²) in [7, 11) is 0. The van der Waals surface area contributed by atoms with Crippen molar-refractivity contribution in [2.75, 3.05) is 6.61 Å². The number of phenolic OH excluding ortho intramolecular Hbond substituents is 1. The fraction of sp³-hybridized carbons (Fsp3) is 0.543. The number of nitriles is 2. The molecule has 42 heavy (non-hydrogen) atoms. The number of fused-ring (bicyclic) bond motifs is 1. The number of benzene rings is 2. The van der Waals surface area contributed by atoms with E-state index in [-0.39, 0.29) is 5.75 Å². The molecule has 3 aromatic rings. The Kier molecular flexibility index (Phi) is 14.9. The van der Waals surface area contributed by atoms with E-state index >= 15 is 0 Å². The Bertz CT molecular complexity index is 1370. The Hall–Kier alpha value is -3.42. The molecule has 0 atom stereocenters. The molecule has 3 rings (SSSR count). The molecule has 0 radical (unpaired) electrons. The minimum atomic E-state index is 0.0949. The second kappa shape index (κ2) is 18.9. The number of hydrogen-bond donors (Lipinski definition) is 1. The molecular formula is C35H46N4O2S. The molecule has 0 amide bonds. The summed E-state index contributed by atoms with van der Waals surface area (Å²) in [5.41, 5.74) is 1.53. The number of azo groups is 1. The van der Waals surface area contributed by atoms with Gasteiger partial charge in [-0.1, -0.05) is 128 Å². The van der Waals surface area contributed by atoms with Crippen LogP contribution >= 0.6 is 11.3 Å². The molecule has 0 aliphatic carbocycles. The van der Waals surface area contributed by atoms with E-state index in [1.54, 1.807) is 13.0 Å². The van der Waals surface area contributed by atoms with Gasteiger partial charge in [-0.05, 0) is 18.9 Å². The first-order chi connectivity index (χ1) is 20.6. The third kappa shape index (κ3) is 10.1. The van der Waals surface area contributed by atoms with Crippen molar-refractivity contribution in [3.63, 3.8) is 0 Å². The highest BCUT2D eigenvalue weighted by Gasteiger charge is 2.16. The van der Waals surface area contributed by atoms with Crippen LogP contribution in [0.15, 0.2) is 40.6 Å². The fourth-order valence-corrected chi connectivity index (χ4v) is 6.12. The van der Waals surface area contributed by atoms with Crippen LogP contribution in [0.2, 0.25) is 0 Å². The van der Waals surface area contributed by atoms with Gasteiger partial charge in [0.25, 0.3) is 0 Å². The summed E-state index contributed by atoms with van der Waals surface area (Å²) >= 11 is 1.15. The van der Waals surface area contributed by atoms with Gasteiger partial charge < -0.3 is 9.84 Å². The van der Waals surface area contributed by atoms with Crippen LogP contribution in [0.25, 0.3) is 10.8 Å². The molecule has 1 N–H and O–H groups in total. The van der Waals surface area contributed by atoms with Crippen molar-refractivity contribution in [1.82, 2.24) is 0 Å². The van der Waals surface area contributed by atoms with Crippen LogP contribution in [0.5, 0.6) is 11.5 Å². The van der Waals surface area contributed by atoms with Crippen molar-refractivity contribution >= 4 is 32.8 Å². The van der Waals surface area contributed by atoms with Crippen molar-refractivity contribution in [2.24, 2.45) is 10.2 Å². The van der Waals surface area contributed by atoms with E-state index in [0.29, 0.717) is 44.4 Å². The third-order valence-corrected chi connectivity index (χ3v) is 8.89. The molecule has 0 unspecified atom stereocenters. The maximum Gasteiger partial charge on any atom is 0.165 e. The lowest BCUT2D eigenvalue weighted by Gasteiger charge is -2.12. The lowest BCUT2D eigenvalue weighted by Crippen LogP contribution is -1.98. The molecule has 0 fully saturated rings. The lowest BCUT2D eigenvalue weighted by atomic mass is 10.0. The topological polar surface area (TPSA) is 102 Å². The van der Waals surface area contributed by atoms with Gasteiger partial charge in [-0.2, -0.15) is 10.5 Å². The molecule has 6 nitrogen and oxygen atoms in total. The SMILES string of the molecule is CCCCCCCCCCCCCCCCCCOc1cc(/N=N/c2sc(C#N)c(C)c2C#N)c2ccccc2c1O. The van der Waals surface area contributed by atoms with Gasteiger partial charge in [0.1, 0.15) is 17.0 Å². The van der Waals surface area contributed by atoms with Gasteiger partial charge in [0.15, 0.2) is 16.5 Å². The average molecular weight is 587 g/mol. The second-order valence-electron chi connectivity index (χ2n) is 11.1. The average Bonchev–Trinajstić information content (AvgIpc) is 3.33. The molecule has 7 heteroatoms. The van der Waals surface area contributed by atoms with Gasteiger partial charge in [0, 0.05) is 16.8 Å². The minimum Gasteiger partial charge on any atom is -0.504 e. The van der Waals surface area contributed by atoms with Crippen LogP contribution in [0.1, 0.15) is 126 Å². The van der Waals surface area contributed by atoms with Crippen molar-refractivity contribution < 1.29 is 9.84 Å². The molecule has 224 valence electrons. The largest absolute Gasteiger partial charge is 0.504 e. The van der Waals surface area contributed by atoms with E-state index in [1.165, 1.54) is 89.9 Å². The Labute approximate surface area is 256 Å². The predicted molar refractivity (Wildman–Crippen MR) is 173 cm³/mol. The minimum absolute atomic E-state index is 0.0949. The van der Waals surface area contributed by atoms with E-state index in [2.05, 4.69) is 29.3 Å². The molecule has 0 saturated carbocycles. The number of phenols is 1. The Balaban J connectivity index is 1.40. The zero-order valence-electron chi connectivity index (χ0n) is 25.5. The number of unbranched alkanes of at least 4 members (excludes halogenated alkanes) is 15. The van der Waals surface area contributed by atoms with Crippen LogP contribution in [-0.4, -0.2) is 11.7 Å². The van der Waals surface area contributed by atoms with Gasteiger partial charge >= 0.3 is 0 Å². The third-order valence-electron chi connectivity index (χ3n) is 7.80. The summed E-state index contributed by atoms with van der Waals surface area (Å²) in [4.78, 5) is 0.457. The predicted octanol–water partition coefficient (Wildman–Crippen LogP) is 11.7. The van der Waals surface area contributed by atoms with Crippen LogP contribution in [0.3, 0.4) is 0 Å². The quantitative estimate of drug-likeness (QED) is 0.105. The molecule has 2 aromatic carbocycles. The molecule has 1 heterocycles. The maximum atomic E-state index is 10.9. The van der Waals surface area contributed by atoms with Crippen LogP contribution in [0.4, 0.5) is 10.7 Å². The summed E-state index contributed by atoms with van der Waals surface area (Å²) in [6.45, 7) is 4.54. The highest BCUT2D eigenvalue weighted by molar-refractivity contribution is 7.16. The van der Waals surface area contributed by atoms with Crippen molar-refractivity contribution in [1.29, 1.82) is 10.5 Å². The Morgan fingerprint density at radius 3 is 1.86 bits per heavy atom. The number of hydrogen-bond acceptors (Lipinski definition) is 7. The van der Waals surface area contributed by atoms with Gasteiger partial charge in [-0.3, -0.25) is 0 Å². The number of ether oxygens (including phenoxy) is 1. The van der Waals surface area contributed by atoms with Gasteiger partial charge in [-0.25, -0.2) is 0 Å². The lowest BCUT2D eigenvalue weighted by molar-refractivity contribution is 0.290. The van der Waals surface area contributed by atoms with Crippen LogP contribution in [-0.2, 0) is 0 Å². The van der Waals surface area contributed by atoms with Gasteiger partial charge in [0.05, 0.1) is 17.9 Å². The van der Waals surface area contributed by atoms with E-state index < -0.39 is 0 Å². The first-order valence-electron chi connectivity index (χ1n) is 15.8. The molecule has 0 aliphatic rings. The monoisotopic (exact) mass is 586 g/mol. The van der Waals surface area contributed by atoms with E-state index in [0.717, 1.165) is 29.6 Å². The molecule has 0 saturated heterocycles. The summed E-state index contributed by atoms with van der Waals surface area (Å²) < 4.78 is 6.00. The first-order valence-corrected chi connectivity index (χ1v) is 16.6. The number of aromatic hydroxyl groups is 1. The molecule has 0 aliphatic heterocycles. The van der Waals surface area contributed by atoms with Gasteiger partial charge in [-0.15, -0.1) is 21.6 Å². The number of nitrogens with zero attached hydrogens (tertiary/aromatic N) is 4. The standard InChI is InChI=1S/C35H46N4O2S/c1-3-4-5-6-7-8-9-10-11-12-13-14-15-16-17-20-23-41-32-24-31(28-21-18-19-22-29(28)34(32)40)38-39-35-30(25-36)27(2)33(26-37)42-35/h18-19,21-22,24,40H,3-17,20,23H2,1-2H3/b39-38+. The summed E-state index contributed by atoms with van der Waals surface area (Å²) in [6.07, 6.45) is 21.1. The fourth-order valence-electron chi connectivity index (χ4n) is 5.25. The maximum absolute atomic E-state index is 10.9. The molecule has 0 spiro atoms. The van der Waals surface area contributed by atoms with Gasteiger partial charge in [0.2, 0.25) is 0 Å². The molecular weight excluding hydrogens is 540 g/mol. The Morgan fingerprint density at radius 1 is 0.762 bits per heavy atom. The second-order valence-corrected chi connectivity index (χ2v) is 12.1. The summed E-state index contributed by atoms with van der Waals surface area (Å²) in [5.74, 6) is 0.474. The number of rotatable bonds is 20.